The molecule has 10 nitrogen and oxygen atoms in total. The van der Waals surface area contributed by atoms with Crippen molar-refractivity contribution < 1.29 is 14.6 Å². The zero-order chi connectivity index (χ0) is 15.3. The van der Waals surface area contributed by atoms with Crippen LogP contribution in [0.2, 0.25) is 0 Å². The molecule has 10 heteroatoms. The van der Waals surface area contributed by atoms with Crippen LogP contribution in [0.25, 0.3) is 0 Å². The standard InChI is InChI=1S/C12H17N7O3/c1-2-12-3-21-7(8(12)20)11(22-12)19-5-16-6-9(17-18-13)14-4-15-10(6)19/h5,7-8,11,15,20H,2-4H2,1H3,(H2,13,14,17)/t7-,8?,11+,12-/m0/s1. The molecule has 0 spiro atoms. The third-order valence-corrected chi connectivity index (χ3v) is 4.54. The third-order valence-electron chi connectivity index (χ3n) is 4.54. The lowest BCUT2D eigenvalue weighted by Gasteiger charge is -2.31. The Morgan fingerprint density at radius 3 is 3.27 bits per heavy atom. The van der Waals surface area contributed by atoms with Crippen LogP contribution in [0.4, 0.5) is 5.82 Å². The van der Waals surface area contributed by atoms with E-state index in [1.807, 2.05) is 6.92 Å². The molecule has 3 aliphatic heterocycles. The SMILES string of the molecule is CC[C@]12CO[C@@H](C1O)[C@H](n1cnc3c1NCN=C3NN=N)O2. The molecule has 1 unspecified atom stereocenters. The molecule has 2 fully saturated rings. The predicted molar refractivity (Wildman–Crippen MR) is 74.4 cm³/mol. The number of nitrogens with one attached hydrogen (secondary N) is 3. The molecule has 0 radical (unpaired) electrons. The minimum Gasteiger partial charge on any atom is -0.387 e. The maximum Gasteiger partial charge on any atom is 0.174 e. The number of aliphatic hydroxyl groups excluding tert-OH is 1. The number of ether oxygens (including phenoxy) is 2. The maximum absolute atomic E-state index is 10.4. The Kier molecular flexibility index (Phi) is 2.93. The van der Waals surface area contributed by atoms with E-state index < -0.39 is 24.0 Å². The molecule has 0 aliphatic carbocycles. The van der Waals surface area contributed by atoms with E-state index in [-0.39, 0.29) is 0 Å². The summed E-state index contributed by atoms with van der Waals surface area (Å²) < 4.78 is 13.6. The average Bonchev–Trinajstić information content (AvgIpc) is 3.18. The van der Waals surface area contributed by atoms with Crippen molar-refractivity contribution in [3.05, 3.63) is 12.0 Å². The van der Waals surface area contributed by atoms with E-state index >= 15 is 0 Å². The number of hydrogen-bond acceptors (Lipinski definition) is 8. The second kappa shape index (κ2) is 4.73. The van der Waals surface area contributed by atoms with Gasteiger partial charge in [0.1, 0.15) is 36.0 Å². The number of aliphatic hydroxyl groups is 1. The predicted octanol–water partition coefficient (Wildman–Crippen LogP) is -0.0144. The highest BCUT2D eigenvalue weighted by Crippen LogP contribution is 2.47. The summed E-state index contributed by atoms with van der Waals surface area (Å²) in [5.74, 6) is 1.14. The zero-order valence-corrected chi connectivity index (χ0v) is 12.0. The Morgan fingerprint density at radius 1 is 1.68 bits per heavy atom. The Balaban J connectivity index is 1.69. The van der Waals surface area contributed by atoms with Gasteiger partial charge in [0.15, 0.2) is 12.1 Å². The summed E-state index contributed by atoms with van der Waals surface area (Å²) in [5, 5.41) is 16.7. The second-order valence-corrected chi connectivity index (χ2v) is 5.56. The maximum atomic E-state index is 10.4. The van der Waals surface area contributed by atoms with Gasteiger partial charge < -0.3 is 19.9 Å². The van der Waals surface area contributed by atoms with Crippen LogP contribution < -0.4 is 10.7 Å². The Labute approximate surface area is 126 Å². The van der Waals surface area contributed by atoms with Crippen LogP contribution in [0.15, 0.2) is 16.5 Å². The van der Waals surface area contributed by atoms with Crippen molar-refractivity contribution >= 4 is 11.7 Å². The Morgan fingerprint density at radius 2 is 2.55 bits per heavy atom. The Hall–Kier alpha value is -2.04. The average molecular weight is 307 g/mol. The highest BCUT2D eigenvalue weighted by Gasteiger charge is 2.61. The van der Waals surface area contributed by atoms with Crippen molar-refractivity contribution in [2.75, 3.05) is 18.6 Å². The second-order valence-electron chi connectivity index (χ2n) is 5.56. The number of fused-ring (bicyclic) bond motifs is 3. The van der Waals surface area contributed by atoms with Gasteiger partial charge in [-0.25, -0.2) is 15.4 Å². The first-order valence-electron chi connectivity index (χ1n) is 7.15. The monoisotopic (exact) mass is 307 g/mol. The van der Waals surface area contributed by atoms with Gasteiger partial charge in [-0.05, 0) is 6.42 Å². The third kappa shape index (κ3) is 1.65. The van der Waals surface area contributed by atoms with Crippen LogP contribution in [-0.2, 0) is 9.47 Å². The Bertz CT molecular complexity index is 645. The lowest BCUT2D eigenvalue weighted by molar-refractivity contribution is -0.173. The molecule has 3 aliphatic rings. The first kappa shape index (κ1) is 13.6. The van der Waals surface area contributed by atoms with E-state index in [9.17, 15) is 5.11 Å². The summed E-state index contributed by atoms with van der Waals surface area (Å²) in [5.41, 5.74) is 9.33. The minimum absolute atomic E-state index is 0.344. The number of amidine groups is 1. The normalized spacial score (nSPS) is 35.7. The van der Waals surface area contributed by atoms with E-state index in [1.165, 1.54) is 0 Å². The highest BCUT2D eigenvalue weighted by molar-refractivity contribution is 6.02. The van der Waals surface area contributed by atoms with Crippen molar-refractivity contribution in [2.45, 2.75) is 37.4 Å². The number of aromatic nitrogens is 2. The molecule has 4 heterocycles. The fourth-order valence-electron chi connectivity index (χ4n) is 3.28. The van der Waals surface area contributed by atoms with Crippen LogP contribution in [0, 0.1) is 5.53 Å². The fourth-order valence-corrected chi connectivity index (χ4v) is 3.28. The van der Waals surface area contributed by atoms with Crippen molar-refractivity contribution in [1.29, 1.82) is 5.53 Å². The number of nitrogens with zero attached hydrogens (tertiary/aromatic N) is 4. The number of imidazole rings is 1. The number of anilines is 1. The van der Waals surface area contributed by atoms with Crippen molar-refractivity contribution in [2.24, 2.45) is 10.2 Å². The summed E-state index contributed by atoms with van der Waals surface area (Å²) in [6.07, 6.45) is 0.779. The number of rotatable bonds is 3. The van der Waals surface area contributed by atoms with Gasteiger partial charge in [-0.2, -0.15) is 5.53 Å². The van der Waals surface area contributed by atoms with Crippen LogP contribution >= 0.6 is 0 Å². The van der Waals surface area contributed by atoms with Gasteiger partial charge in [0, 0.05) is 0 Å². The summed E-state index contributed by atoms with van der Waals surface area (Å²) in [6, 6.07) is 0. The highest BCUT2D eigenvalue weighted by atomic mass is 16.6. The van der Waals surface area contributed by atoms with Gasteiger partial charge in [0.2, 0.25) is 0 Å². The molecular formula is C12H17N7O3. The van der Waals surface area contributed by atoms with E-state index in [2.05, 4.69) is 25.9 Å². The van der Waals surface area contributed by atoms with Gasteiger partial charge in [-0.1, -0.05) is 12.1 Å². The van der Waals surface area contributed by atoms with Crippen LogP contribution in [0.1, 0.15) is 25.3 Å². The minimum atomic E-state index is -0.654. The van der Waals surface area contributed by atoms with E-state index in [0.29, 0.717) is 37.0 Å². The summed E-state index contributed by atoms with van der Waals surface area (Å²) >= 11 is 0. The van der Waals surface area contributed by atoms with Crippen LogP contribution in [0.5, 0.6) is 0 Å². The lowest BCUT2D eigenvalue weighted by atomic mass is 9.96. The molecule has 0 amide bonds. The molecule has 4 atom stereocenters. The molecule has 4 rings (SSSR count). The van der Waals surface area contributed by atoms with E-state index in [4.69, 9.17) is 15.0 Å². The van der Waals surface area contributed by atoms with E-state index in [0.717, 1.165) is 0 Å². The van der Waals surface area contributed by atoms with Crippen LogP contribution in [-0.4, -0.2) is 51.6 Å². The molecular weight excluding hydrogens is 290 g/mol. The van der Waals surface area contributed by atoms with Gasteiger partial charge in [-0.3, -0.25) is 4.57 Å². The first-order chi connectivity index (χ1) is 10.7. The first-order valence-corrected chi connectivity index (χ1v) is 7.15. The molecule has 1 aromatic heterocycles. The molecule has 22 heavy (non-hydrogen) atoms. The van der Waals surface area contributed by atoms with Gasteiger partial charge in [0.05, 0.1) is 12.9 Å². The van der Waals surface area contributed by atoms with Gasteiger partial charge >= 0.3 is 0 Å². The topological polar surface area (TPSA) is 129 Å². The lowest BCUT2D eigenvalue weighted by Crippen LogP contribution is -2.39. The summed E-state index contributed by atoms with van der Waals surface area (Å²) in [7, 11) is 0. The fraction of sp³-hybridized carbons (Fsp3) is 0.667. The molecule has 4 N–H and O–H groups in total. The molecule has 1 aromatic rings. The summed E-state index contributed by atoms with van der Waals surface area (Å²) in [6.45, 7) is 2.72. The molecule has 118 valence electrons. The summed E-state index contributed by atoms with van der Waals surface area (Å²) in [4.78, 5) is 8.48. The largest absolute Gasteiger partial charge is 0.387 e. The molecule has 0 saturated carbocycles. The number of hydrogen-bond donors (Lipinski definition) is 4. The smallest absolute Gasteiger partial charge is 0.174 e. The van der Waals surface area contributed by atoms with Crippen molar-refractivity contribution in [1.82, 2.24) is 15.0 Å². The van der Waals surface area contributed by atoms with Gasteiger partial charge in [-0.15, -0.1) is 0 Å². The quantitative estimate of drug-likeness (QED) is 0.459. The molecule has 2 bridgehead atoms. The van der Waals surface area contributed by atoms with Crippen LogP contribution in [0.3, 0.4) is 0 Å². The van der Waals surface area contributed by atoms with E-state index in [1.54, 1.807) is 10.9 Å². The molecule has 0 aromatic carbocycles. The zero-order valence-electron chi connectivity index (χ0n) is 12.0. The van der Waals surface area contributed by atoms with Crippen molar-refractivity contribution in [3.63, 3.8) is 0 Å². The molecule has 2 saturated heterocycles. The van der Waals surface area contributed by atoms with Gasteiger partial charge in [0.25, 0.3) is 0 Å². The number of aliphatic imine (C=N–C) groups is 1. The van der Waals surface area contributed by atoms with Crippen molar-refractivity contribution in [3.8, 4) is 0 Å².